The molecule has 134 valence electrons. The number of rotatable bonds is 4. The summed E-state index contributed by atoms with van der Waals surface area (Å²) in [5.41, 5.74) is 2.77. The molecule has 1 N–H and O–H groups in total. The van der Waals surface area contributed by atoms with E-state index in [9.17, 15) is 14.4 Å². The molecule has 2 heterocycles. The number of aryl methyl sites for hydroxylation is 2. The Morgan fingerprint density at radius 1 is 1.32 bits per heavy atom. The van der Waals surface area contributed by atoms with Crippen molar-refractivity contribution in [1.82, 2.24) is 4.90 Å². The highest BCUT2D eigenvalue weighted by atomic mass is 32.2. The third-order valence-corrected chi connectivity index (χ3v) is 6.07. The lowest BCUT2D eigenvalue weighted by Crippen LogP contribution is -2.47. The van der Waals surface area contributed by atoms with E-state index >= 15 is 0 Å². The summed E-state index contributed by atoms with van der Waals surface area (Å²) in [7, 11) is 0. The molecule has 2 aliphatic rings. The predicted molar refractivity (Wildman–Crippen MR) is 96.2 cm³/mol. The van der Waals surface area contributed by atoms with Crippen LogP contribution in [-0.4, -0.2) is 46.0 Å². The molecule has 2 aliphatic heterocycles. The molecule has 6 nitrogen and oxygen atoms in total. The van der Waals surface area contributed by atoms with Gasteiger partial charge in [0.15, 0.2) is 6.61 Å². The molecule has 0 aromatic heterocycles. The lowest BCUT2D eigenvalue weighted by molar-refractivity contribution is -0.155. The van der Waals surface area contributed by atoms with Crippen molar-refractivity contribution in [1.29, 1.82) is 0 Å². The molecule has 0 bridgehead atoms. The van der Waals surface area contributed by atoms with Crippen molar-refractivity contribution < 1.29 is 19.1 Å². The Morgan fingerprint density at radius 2 is 2.00 bits per heavy atom. The first-order chi connectivity index (χ1) is 11.8. The van der Waals surface area contributed by atoms with Gasteiger partial charge < -0.3 is 15.0 Å². The normalized spacial score (nSPS) is 25.0. The van der Waals surface area contributed by atoms with Crippen LogP contribution in [-0.2, 0) is 19.1 Å². The second-order valence-corrected chi connectivity index (χ2v) is 8.30. The predicted octanol–water partition coefficient (Wildman–Crippen LogP) is 2.24. The van der Waals surface area contributed by atoms with E-state index in [2.05, 4.69) is 5.32 Å². The molecule has 7 heteroatoms. The summed E-state index contributed by atoms with van der Waals surface area (Å²) in [5, 5.41) is 2.73. The Morgan fingerprint density at radius 3 is 2.68 bits per heavy atom. The largest absolute Gasteiger partial charge is 0.454 e. The minimum atomic E-state index is -0.598. The van der Waals surface area contributed by atoms with Gasteiger partial charge in [-0.05, 0) is 50.5 Å². The Kier molecular flexibility index (Phi) is 4.77. The maximum Gasteiger partial charge on any atom is 0.330 e. The summed E-state index contributed by atoms with van der Waals surface area (Å²) >= 11 is 1.60. The average molecular weight is 362 g/mol. The lowest BCUT2D eigenvalue weighted by Gasteiger charge is -2.29. The van der Waals surface area contributed by atoms with E-state index in [0.29, 0.717) is 17.9 Å². The first kappa shape index (κ1) is 17.8. The topological polar surface area (TPSA) is 75.7 Å². The van der Waals surface area contributed by atoms with Gasteiger partial charge in [-0.1, -0.05) is 6.07 Å². The number of hydrogen-bond donors (Lipinski definition) is 1. The number of hydrogen-bond acceptors (Lipinski definition) is 5. The number of ether oxygens (including phenoxy) is 1. The molecule has 25 heavy (non-hydrogen) atoms. The fourth-order valence-corrected chi connectivity index (χ4v) is 4.89. The summed E-state index contributed by atoms with van der Waals surface area (Å²) in [5.74, 6) is -0.407. The van der Waals surface area contributed by atoms with Crippen LogP contribution in [0.4, 0.5) is 5.69 Å². The molecule has 0 aliphatic carbocycles. The minimum absolute atomic E-state index is 0.0193. The number of thioether (sulfide) groups is 1. The molecule has 1 aromatic carbocycles. The van der Waals surface area contributed by atoms with Crippen LogP contribution in [0.2, 0.25) is 0 Å². The monoisotopic (exact) mass is 362 g/mol. The highest BCUT2D eigenvalue weighted by molar-refractivity contribution is 8.01. The second kappa shape index (κ2) is 6.71. The highest BCUT2D eigenvalue weighted by Gasteiger charge is 2.53. The van der Waals surface area contributed by atoms with Gasteiger partial charge in [-0.15, -0.1) is 11.8 Å². The Balaban J connectivity index is 1.55. The molecule has 0 radical (unpaired) electrons. The standard InChI is InChI=1S/C18H22N2O4S/c1-11-6-12(2)8-13(7-11)19-15(21)9-24-17(23)14-10-25-18(3)5-4-16(22)20(14)18/h6-8,14H,4-5,9-10H2,1-3H3,(H,19,21)/t14-,18-/m0/s1. The van der Waals surface area contributed by atoms with Gasteiger partial charge in [0.25, 0.3) is 5.91 Å². The first-order valence-electron chi connectivity index (χ1n) is 8.29. The maximum absolute atomic E-state index is 12.3. The van der Waals surface area contributed by atoms with Crippen molar-refractivity contribution in [2.45, 2.75) is 44.5 Å². The van der Waals surface area contributed by atoms with Gasteiger partial charge in [-0.25, -0.2) is 4.79 Å². The number of nitrogens with zero attached hydrogens (tertiary/aromatic N) is 1. The van der Waals surface area contributed by atoms with Gasteiger partial charge >= 0.3 is 5.97 Å². The zero-order chi connectivity index (χ0) is 18.2. The quantitative estimate of drug-likeness (QED) is 0.832. The van der Waals surface area contributed by atoms with Crippen molar-refractivity contribution in [3.8, 4) is 0 Å². The number of fused-ring (bicyclic) bond motifs is 1. The third-order valence-electron chi connectivity index (χ3n) is 4.57. The molecule has 3 rings (SSSR count). The summed E-state index contributed by atoms with van der Waals surface area (Å²) < 4.78 is 5.16. The number of benzene rings is 1. The highest BCUT2D eigenvalue weighted by Crippen LogP contribution is 2.47. The zero-order valence-corrected chi connectivity index (χ0v) is 15.4. The molecule has 0 spiro atoms. The van der Waals surface area contributed by atoms with Crippen LogP contribution in [0.5, 0.6) is 0 Å². The van der Waals surface area contributed by atoms with Crippen LogP contribution >= 0.6 is 11.8 Å². The van der Waals surface area contributed by atoms with Gasteiger partial charge in [0.05, 0.1) is 4.87 Å². The summed E-state index contributed by atoms with van der Waals surface area (Å²) in [6.45, 7) is 5.52. The van der Waals surface area contributed by atoms with E-state index in [-0.39, 0.29) is 23.3 Å². The minimum Gasteiger partial charge on any atom is -0.454 e. The first-order valence-corrected chi connectivity index (χ1v) is 9.28. The number of nitrogens with one attached hydrogen (secondary N) is 1. The van der Waals surface area contributed by atoms with Crippen LogP contribution in [0, 0.1) is 13.8 Å². The van der Waals surface area contributed by atoms with Crippen molar-refractivity contribution in [2.24, 2.45) is 0 Å². The molecule has 2 saturated heterocycles. The molecular weight excluding hydrogens is 340 g/mol. The van der Waals surface area contributed by atoms with Crippen LogP contribution < -0.4 is 5.32 Å². The van der Waals surface area contributed by atoms with Crippen LogP contribution in [0.25, 0.3) is 0 Å². The summed E-state index contributed by atoms with van der Waals surface area (Å²) in [6, 6.07) is 5.12. The number of esters is 1. The van der Waals surface area contributed by atoms with Crippen molar-refractivity contribution in [3.05, 3.63) is 29.3 Å². The van der Waals surface area contributed by atoms with E-state index in [1.807, 2.05) is 39.0 Å². The average Bonchev–Trinajstić information content (AvgIpc) is 3.01. The molecule has 2 atom stereocenters. The Labute approximate surface area is 151 Å². The zero-order valence-electron chi connectivity index (χ0n) is 14.6. The molecular formula is C18H22N2O4S. The smallest absolute Gasteiger partial charge is 0.330 e. The van der Waals surface area contributed by atoms with Gasteiger partial charge in [-0.2, -0.15) is 0 Å². The molecule has 0 unspecified atom stereocenters. The van der Waals surface area contributed by atoms with E-state index in [4.69, 9.17) is 4.74 Å². The van der Waals surface area contributed by atoms with Crippen LogP contribution in [0.15, 0.2) is 18.2 Å². The molecule has 0 saturated carbocycles. The molecule has 2 fully saturated rings. The van der Waals surface area contributed by atoms with Gasteiger partial charge in [0, 0.05) is 17.9 Å². The van der Waals surface area contributed by atoms with Crippen molar-refractivity contribution in [3.63, 3.8) is 0 Å². The van der Waals surface area contributed by atoms with E-state index in [1.165, 1.54) is 0 Å². The van der Waals surface area contributed by atoms with Crippen molar-refractivity contribution in [2.75, 3.05) is 17.7 Å². The van der Waals surface area contributed by atoms with Crippen LogP contribution in [0.1, 0.15) is 30.9 Å². The van der Waals surface area contributed by atoms with Crippen molar-refractivity contribution >= 4 is 35.2 Å². The van der Waals surface area contributed by atoms with Gasteiger partial charge in [0.2, 0.25) is 5.91 Å². The third kappa shape index (κ3) is 3.66. The fraction of sp³-hybridized carbons (Fsp3) is 0.500. The fourth-order valence-electron chi connectivity index (χ4n) is 3.47. The van der Waals surface area contributed by atoms with Crippen LogP contribution in [0.3, 0.4) is 0 Å². The van der Waals surface area contributed by atoms with E-state index in [0.717, 1.165) is 17.5 Å². The second-order valence-electron chi connectivity index (χ2n) is 6.80. The number of anilines is 1. The SMILES string of the molecule is Cc1cc(C)cc(NC(=O)COC(=O)[C@@H]2CS[C@@]3(C)CCC(=O)N23)c1. The van der Waals surface area contributed by atoms with Gasteiger partial charge in [-0.3, -0.25) is 9.59 Å². The number of carbonyl (C=O) groups excluding carboxylic acids is 3. The molecule has 1 aromatic rings. The molecule has 2 amide bonds. The maximum atomic E-state index is 12.3. The Hall–Kier alpha value is -2.02. The Bertz CT molecular complexity index is 716. The number of carbonyl (C=O) groups is 3. The van der Waals surface area contributed by atoms with Gasteiger partial charge in [0.1, 0.15) is 6.04 Å². The van der Waals surface area contributed by atoms with E-state index < -0.39 is 12.0 Å². The number of amides is 2. The lowest BCUT2D eigenvalue weighted by atomic mass is 10.1. The summed E-state index contributed by atoms with van der Waals surface area (Å²) in [6.07, 6.45) is 1.20. The summed E-state index contributed by atoms with van der Waals surface area (Å²) in [4.78, 5) is 37.7. The van der Waals surface area contributed by atoms with E-state index in [1.54, 1.807) is 16.7 Å².